The van der Waals surface area contributed by atoms with E-state index in [1.54, 1.807) is 19.5 Å². The molecule has 1 saturated heterocycles. The van der Waals surface area contributed by atoms with Gasteiger partial charge in [-0.05, 0) is 18.9 Å². The quantitative estimate of drug-likeness (QED) is 0.819. The van der Waals surface area contributed by atoms with Crippen molar-refractivity contribution in [3.05, 3.63) is 54.1 Å². The maximum Gasteiger partial charge on any atom is 0.123 e. The van der Waals surface area contributed by atoms with Crippen LogP contribution in [0.1, 0.15) is 17.7 Å². The second-order valence-corrected chi connectivity index (χ2v) is 5.75. The Morgan fingerprint density at radius 2 is 2.22 bits per heavy atom. The van der Waals surface area contributed by atoms with E-state index < -0.39 is 0 Å². The Balaban J connectivity index is 1.64. The molecule has 2 aromatic rings. The second kappa shape index (κ2) is 8.04. The van der Waals surface area contributed by atoms with Crippen LogP contribution < -0.4 is 4.74 Å². The summed E-state index contributed by atoms with van der Waals surface area (Å²) in [5.74, 6) is 0.951. The average Bonchev–Trinajstić information content (AvgIpc) is 2.62. The minimum absolute atomic E-state index is 0.399. The molecule has 0 aliphatic carbocycles. The number of nitrogens with zero attached hydrogens (tertiary/aromatic N) is 3. The molecule has 0 amide bonds. The van der Waals surface area contributed by atoms with Crippen LogP contribution in [0.25, 0.3) is 0 Å². The minimum atomic E-state index is 0.399. The van der Waals surface area contributed by atoms with E-state index in [0.29, 0.717) is 6.04 Å². The van der Waals surface area contributed by atoms with Crippen molar-refractivity contribution in [1.82, 2.24) is 14.9 Å². The molecule has 1 aliphatic rings. The van der Waals surface area contributed by atoms with Crippen LogP contribution >= 0.6 is 0 Å². The number of hydrogen-bond donors (Lipinski definition) is 0. The van der Waals surface area contributed by atoms with Gasteiger partial charge >= 0.3 is 0 Å². The second-order valence-electron chi connectivity index (χ2n) is 5.75. The lowest BCUT2D eigenvalue weighted by molar-refractivity contribution is -0.0146. The van der Waals surface area contributed by atoms with Crippen LogP contribution in [-0.2, 0) is 17.7 Å². The molecule has 0 spiro atoms. The Morgan fingerprint density at radius 1 is 1.30 bits per heavy atom. The average molecular weight is 313 g/mol. The van der Waals surface area contributed by atoms with Crippen molar-refractivity contribution in [3.63, 3.8) is 0 Å². The van der Waals surface area contributed by atoms with Gasteiger partial charge in [0.15, 0.2) is 0 Å². The number of hydrogen-bond acceptors (Lipinski definition) is 5. The largest absolute Gasteiger partial charge is 0.496 e. The van der Waals surface area contributed by atoms with Crippen LogP contribution in [0.5, 0.6) is 5.75 Å². The summed E-state index contributed by atoms with van der Waals surface area (Å²) in [4.78, 5) is 11.0. The van der Waals surface area contributed by atoms with Gasteiger partial charge in [0.25, 0.3) is 0 Å². The van der Waals surface area contributed by atoms with Crippen molar-refractivity contribution in [2.24, 2.45) is 0 Å². The summed E-state index contributed by atoms with van der Waals surface area (Å²) >= 11 is 0. The number of morpholine rings is 1. The molecule has 0 N–H and O–H groups in total. The Bertz CT molecular complexity index is 606. The smallest absolute Gasteiger partial charge is 0.123 e. The van der Waals surface area contributed by atoms with Gasteiger partial charge in [0.2, 0.25) is 0 Å². The summed E-state index contributed by atoms with van der Waals surface area (Å²) in [6.07, 6.45) is 7.24. The number of ether oxygens (including phenoxy) is 2. The van der Waals surface area contributed by atoms with Gasteiger partial charge in [0, 0.05) is 43.3 Å². The van der Waals surface area contributed by atoms with Gasteiger partial charge < -0.3 is 9.47 Å². The van der Waals surface area contributed by atoms with Crippen LogP contribution in [0.2, 0.25) is 0 Å². The lowest BCUT2D eigenvalue weighted by Gasteiger charge is -2.36. The molecule has 1 aromatic carbocycles. The first kappa shape index (κ1) is 15.9. The Hall–Kier alpha value is -1.98. The van der Waals surface area contributed by atoms with E-state index in [2.05, 4.69) is 27.0 Å². The van der Waals surface area contributed by atoms with E-state index in [1.807, 2.05) is 18.3 Å². The summed E-state index contributed by atoms with van der Waals surface area (Å²) in [6, 6.07) is 8.62. The molecule has 0 saturated carbocycles. The van der Waals surface area contributed by atoms with Crippen molar-refractivity contribution in [2.45, 2.75) is 25.4 Å². The third-order valence-electron chi connectivity index (χ3n) is 4.27. The summed E-state index contributed by atoms with van der Waals surface area (Å²) in [7, 11) is 1.73. The van der Waals surface area contributed by atoms with Crippen LogP contribution in [0.3, 0.4) is 0 Å². The molecule has 0 bridgehead atoms. The van der Waals surface area contributed by atoms with Gasteiger partial charge in [0.1, 0.15) is 5.75 Å². The molecule has 1 aliphatic heterocycles. The van der Waals surface area contributed by atoms with Crippen molar-refractivity contribution < 1.29 is 9.47 Å². The van der Waals surface area contributed by atoms with E-state index in [9.17, 15) is 0 Å². The zero-order chi connectivity index (χ0) is 15.9. The summed E-state index contributed by atoms with van der Waals surface area (Å²) in [5.41, 5.74) is 2.26. The van der Waals surface area contributed by atoms with Crippen LogP contribution in [0.4, 0.5) is 0 Å². The monoisotopic (exact) mass is 313 g/mol. The predicted molar refractivity (Wildman–Crippen MR) is 88.4 cm³/mol. The molecule has 0 radical (unpaired) electrons. The van der Waals surface area contributed by atoms with Crippen molar-refractivity contribution >= 4 is 0 Å². The highest BCUT2D eigenvalue weighted by Crippen LogP contribution is 2.22. The molecule has 3 rings (SSSR count). The minimum Gasteiger partial charge on any atom is -0.496 e. The zero-order valence-corrected chi connectivity index (χ0v) is 13.5. The molecule has 2 heterocycles. The number of methoxy groups -OCH3 is 1. The van der Waals surface area contributed by atoms with Gasteiger partial charge in [-0.1, -0.05) is 18.2 Å². The number of para-hydroxylation sites is 1. The van der Waals surface area contributed by atoms with Crippen molar-refractivity contribution in [2.75, 3.05) is 26.9 Å². The lowest BCUT2D eigenvalue weighted by atomic mass is 10.1. The first-order valence-electron chi connectivity index (χ1n) is 8.05. The van der Waals surface area contributed by atoms with Crippen LogP contribution in [-0.4, -0.2) is 47.8 Å². The Labute approximate surface area is 137 Å². The van der Waals surface area contributed by atoms with Gasteiger partial charge in [-0.25, -0.2) is 0 Å². The topological polar surface area (TPSA) is 47.5 Å². The fraction of sp³-hybridized carbons (Fsp3) is 0.444. The maximum atomic E-state index is 5.69. The standard InChI is InChI=1S/C18H23N3O2/c1-22-18-5-3-2-4-15(18)13-21-10-11-23-14-17(21)7-6-16-12-19-8-9-20-16/h2-5,8-9,12,17H,6-7,10-11,13-14H2,1H3/t17-/m1/s1. The molecule has 23 heavy (non-hydrogen) atoms. The van der Waals surface area contributed by atoms with Crippen LogP contribution in [0.15, 0.2) is 42.9 Å². The zero-order valence-electron chi connectivity index (χ0n) is 13.5. The molecule has 1 fully saturated rings. The summed E-state index contributed by atoms with van der Waals surface area (Å²) in [5, 5.41) is 0. The highest BCUT2D eigenvalue weighted by Gasteiger charge is 2.23. The molecular formula is C18H23N3O2. The fourth-order valence-corrected chi connectivity index (χ4v) is 2.99. The van der Waals surface area contributed by atoms with E-state index in [1.165, 1.54) is 5.56 Å². The third kappa shape index (κ3) is 4.27. The van der Waals surface area contributed by atoms with E-state index in [4.69, 9.17) is 9.47 Å². The molecule has 1 aromatic heterocycles. The lowest BCUT2D eigenvalue weighted by Crippen LogP contribution is -2.45. The first-order chi connectivity index (χ1) is 11.4. The summed E-state index contributed by atoms with van der Waals surface area (Å²) in [6.45, 7) is 3.40. The highest BCUT2D eigenvalue weighted by atomic mass is 16.5. The normalized spacial score (nSPS) is 18.7. The predicted octanol–water partition coefficient (Wildman–Crippen LogP) is 2.32. The molecule has 5 nitrogen and oxygen atoms in total. The van der Waals surface area contributed by atoms with E-state index in [0.717, 1.165) is 50.6 Å². The number of aryl methyl sites for hydroxylation is 1. The molecule has 0 unspecified atom stereocenters. The molecule has 122 valence electrons. The number of benzene rings is 1. The van der Waals surface area contributed by atoms with Crippen LogP contribution in [0, 0.1) is 0 Å². The van der Waals surface area contributed by atoms with Crippen molar-refractivity contribution in [1.29, 1.82) is 0 Å². The van der Waals surface area contributed by atoms with Gasteiger partial charge in [-0.15, -0.1) is 0 Å². The molecule has 5 heteroatoms. The van der Waals surface area contributed by atoms with E-state index in [-0.39, 0.29) is 0 Å². The third-order valence-corrected chi connectivity index (χ3v) is 4.27. The Morgan fingerprint density at radius 3 is 3.04 bits per heavy atom. The number of rotatable bonds is 6. The summed E-state index contributed by atoms with van der Waals surface area (Å²) < 4.78 is 11.2. The fourth-order valence-electron chi connectivity index (χ4n) is 2.99. The molecular weight excluding hydrogens is 290 g/mol. The Kier molecular flexibility index (Phi) is 5.56. The van der Waals surface area contributed by atoms with E-state index >= 15 is 0 Å². The number of aromatic nitrogens is 2. The van der Waals surface area contributed by atoms with Gasteiger partial charge in [0.05, 0.1) is 26.0 Å². The molecule has 1 atom stereocenters. The van der Waals surface area contributed by atoms with Gasteiger partial charge in [-0.2, -0.15) is 0 Å². The van der Waals surface area contributed by atoms with Gasteiger partial charge in [-0.3, -0.25) is 14.9 Å². The van der Waals surface area contributed by atoms with Crippen molar-refractivity contribution in [3.8, 4) is 5.75 Å². The SMILES string of the molecule is COc1ccccc1CN1CCOC[C@H]1CCc1cnccn1. The highest BCUT2D eigenvalue weighted by molar-refractivity contribution is 5.33. The maximum absolute atomic E-state index is 5.69. The first-order valence-corrected chi connectivity index (χ1v) is 8.05.